The molecule has 0 spiro atoms. The van der Waals surface area contributed by atoms with Crippen LogP contribution in [0, 0.1) is 12.7 Å². The van der Waals surface area contributed by atoms with E-state index in [1.807, 2.05) is 11.5 Å². The number of anilines is 1. The fourth-order valence-electron chi connectivity index (χ4n) is 4.32. The van der Waals surface area contributed by atoms with Crippen LogP contribution in [0.15, 0.2) is 24.3 Å². The Morgan fingerprint density at radius 2 is 1.97 bits per heavy atom. The van der Waals surface area contributed by atoms with Gasteiger partial charge in [0.1, 0.15) is 11.6 Å². The van der Waals surface area contributed by atoms with Gasteiger partial charge in [-0.2, -0.15) is 4.37 Å². The maximum Gasteiger partial charge on any atom is 0.254 e. The number of carbonyl (C=O) groups excluding carboxylic acids is 2. The predicted molar refractivity (Wildman–Crippen MR) is 115 cm³/mol. The molecule has 1 aromatic carbocycles. The summed E-state index contributed by atoms with van der Waals surface area (Å²) in [5.74, 6) is 0.809. The van der Waals surface area contributed by atoms with Crippen LogP contribution in [0.25, 0.3) is 10.8 Å². The number of amides is 2. The van der Waals surface area contributed by atoms with E-state index >= 15 is 0 Å². The van der Waals surface area contributed by atoms with Crippen molar-refractivity contribution in [3.8, 4) is 10.8 Å². The van der Waals surface area contributed by atoms with Gasteiger partial charge in [-0.1, -0.05) is 0 Å². The third-order valence-corrected chi connectivity index (χ3v) is 6.65. The first-order chi connectivity index (χ1) is 15.3. The smallest absolute Gasteiger partial charge is 0.254 e. The molecule has 2 aromatic heterocycles. The van der Waals surface area contributed by atoms with E-state index < -0.39 is 18.0 Å². The third-order valence-electron chi connectivity index (χ3n) is 5.85. The van der Waals surface area contributed by atoms with Gasteiger partial charge in [0, 0.05) is 18.7 Å². The lowest BCUT2D eigenvalue weighted by Gasteiger charge is -2.36. The Balaban J connectivity index is 1.58. The van der Waals surface area contributed by atoms with Gasteiger partial charge in [-0.3, -0.25) is 14.5 Å². The molecule has 11 heteroatoms. The van der Waals surface area contributed by atoms with Crippen LogP contribution in [0.4, 0.5) is 10.2 Å². The van der Waals surface area contributed by atoms with Crippen molar-refractivity contribution in [3.63, 3.8) is 0 Å². The molecule has 0 saturated carbocycles. The molecule has 2 atom stereocenters. The number of aromatic nitrogens is 4. The highest BCUT2D eigenvalue weighted by molar-refractivity contribution is 7.09. The number of imidazole rings is 1. The summed E-state index contributed by atoms with van der Waals surface area (Å²) in [5, 5.41) is 10.7. The van der Waals surface area contributed by atoms with E-state index in [1.165, 1.54) is 40.7 Å². The van der Waals surface area contributed by atoms with Gasteiger partial charge in [-0.25, -0.2) is 14.4 Å². The van der Waals surface area contributed by atoms with Crippen LogP contribution in [0.1, 0.15) is 41.3 Å². The van der Waals surface area contributed by atoms with Gasteiger partial charge in [0.05, 0.1) is 30.8 Å². The molecule has 1 N–H and O–H groups in total. The number of hydrogen-bond acceptors (Lipinski definition) is 7. The molecule has 2 amide bonds. The summed E-state index contributed by atoms with van der Waals surface area (Å²) in [4.78, 5) is 38.1. The van der Waals surface area contributed by atoms with Crippen LogP contribution >= 0.6 is 11.5 Å². The fourth-order valence-corrected chi connectivity index (χ4v) is 4.99. The molecular formula is C21H21FN6O3S. The molecule has 3 aromatic rings. The average Bonchev–Trinajstić information content (AvgIpc) is 3.45. The van der Waals surface area contributed by atoms with E-state index in [0.717, 1.165) is 0 Å². The van der Waals surface area contributed by atoms with Crippen LogP contribution < -0.4 is 4.90 Å². The molecule has 9 nitrogen and oxygen atoms in total. The standard InChI is InChI=1S/C21H21FN6O3S/c1-11-17-18(28-10-15(29)9-16(28)30)24-19(20-23-12(2)25-32-20)27(17)8-7-26(11)21(31)13-3-5-14(22)6-4-13/h3-6,11,15,29H,7-10H2,1-2H3/t11?,15-/m1/s1. The van der Waals surface area contributed by atoms with Crippen LogP contribution in [-0.4, -0.2) is 59.9 Å². The van der Waals surface area contributed by atoms with E-state index in [1.54, 1.807) is 11.8 Å². The van der Waals surface area contributed by atoms with Crippen molar-refractivity contribution in [1.29, 1.82) is 0 Å². The summed E-state index contributed by atoms with van der Waals surface area (Å²) < 4.78 is 19.5. The van der Waals surface area contributed by atoms with E-state index in [-0.39, 0.29) is 24.8 Å². The monoisotopic (exact) mass is 456 g/mol. The van der Waals surface area contributed by atoms with Crippen molar-refractivity contribution in [2.45, 2.75) is 39.0 Å². The van der Waals surface area contributed by atoms with Gasteiger partial charge in [0.15, 0.2) is 16.6 Å². The summed E-state index contributed by atoms with van der Waals surface area (Å²) in [5.41, 5.74) is 1.09. The molecule has 0 radical (unpaired) electrons. The SMILES string of the molecule is Cc1nsc(-c2nc(N3C[C@H](O)CC3=O)c3n2CCN(C(=O)c2ccc(F)cc2)C3C)n1. The summed E-state index contributed by atoms with van der Waals surface area (Å²) in [6.45, 7) is 4.70. The van der Waals surface area contributed by atoms with Crippen molar-refractivity contribution < 1.29 is 19.1 Å². The Hall–Kier alpha value is -3.18. The minimum Gasteiger partial charge on any atom is -0.391 e. The number of aliphatic hydroxyl groups is 1. The van der Waals surface area contributed by atoms with E-state index in [9.17, 15) is 19.1 Å². The van der Waals surface area contributed by atoms with E-state index in [4.69, 9.17) is 4.98 Å². The van der Waals surface area contributed by atoms with Crippen molar-refractivity contribution in [1.82, 2.24) is 23.8 Å². The summed E-state index contributed by atoms with van der Waals surface area (Å²) >= 11 is 1.23. The Kier molecular flexibility index (Phi) is 5.01. The number of benzene rings is 1. The molecule has 1 unspecified atom stereocenters. The number of hydrogen-bond donors (Lipinski definition) is 1. The molecular weight excluding hydrogens is 435 g/mol. The number of rotatable bonds is 3. The number of aryl methyl sites for hydroxylation is 1. The Morgan fingerprint density at radius 1 is 1.22 bits per heavy atom. The zero-order valence-electron chi connectivity index (χ0n) is 17.5. The molecule has 0 aliphatic carbocycles. The molecule has 2 aliphatic rings. The molecule has 166 valence electrons. The van der Waals surface area contributed by atoms with Gasteiger partial charge in [0.25, 0.3) is 5.91 Å². The van der Waals surface area contributed by atoms with Gasteiger partial charge >= 0.3 is 0 Å². The van der Waals surface area contributed by atoms with Crippen molar-refractivity contribution >= 4 is 29.2 Å². The minimum atomic E-state index is -0.761. The first kappa shape index (κ1) is 20.7. The zero-order valence-corrected chi connectivity index (χ0v) is 18.3. The van der Waals surface area contributed by atoms with Crippen LogP contribution in [0.2, 0.25) is 0 Å². The molecule has 1 fully saturated rings. The molecule has 1 saturated heterocycles. The van der Waals surface area contributed by atoms with Gasteiger partial charge in [0.2, 0.25) is 5.91 Å². The topological polar surface area (TPSA) is 104 Å². The number of carbonyl (C=O) groups is 2. The third kappa shape index (κ3) is 3.37. The Labute approximate surface area is 187 Å². The normalized spacial score (nSPS) is 20.7. The lowest BCUT2D eigenvalue weighted by molar-refractivity contribution is -0.117. The summed E-state index contributed by atoms with van der Waals surface area (Å²) in [6.07, 6.45) is -0.727. The predicted octanol–water partition coefficient (Wildman–Crippen LogP) is 2.16. The number of nitrogens with zero attached hydrogens (tertiary/aromatic N) is 6. The number of β-amino-alcohol motifs (C(OH)–C–C–N with tert-alkyl or cyclic N) is 1. The highest BCUT2D eigenvalue weighted by Crippen LogP contribution is 2.39. The maximum absolute atomic E-state index is 13.3. The second-order valence-corrected chi connectivity index (χ2v) is 8.74. The fraction of sp³-hybridized carbons (Fsp3) is 0.381. The second-order valence-electron chi connectivity index (χ2n) is 7.99. The quantitative estimate of drug-likeness (QED) is 0.648. The first-order valence-corrected chi connectivity index (χ1v) is 11.1. The Morgan fingerprint density at radius 3 is 2.59 bits per heavy atom. The molecule has 0 bridgehead atoms. The van der Waals surface area contributed by atoms with Gasteiger partial charge in [-0.15, -0.1) is 0 Å². The zero-order chi connectivity index (χ0) is 22.6. The van der Waals surface area contributed by atoms with Crippen LogP contribution in [-0.2, 0) is 11.3 Å². The lowest BCUT2D eigenvalue weighted by atomic mass is 10.1. The van der Waals surface area contributed by atoms with E-state index in [2.05, 4.69) is 9.36 Å². The average molecular weight is 457 g/mol. The molecule has 2 aliphatic heterocycles. The van der Waals surface area contributed by atoms with Gasteiger partial charge < -0.3 is 14.6 Å². The second kappa shape index (κ2) is 7.75. The van der Waals surface area contributed by atoms with Crippen LogP contribution in [0.3, 0.4) is 0 Å². The Bertz CT molecular complexity index is 1210. The molecule has 32 heavy (non-hydrogen) atoms. The van der Waals surface area contributed by atoms with Crippen molar-refractivity contribution in [2.24, 2.45) is 0 Å². The molecule has 4 heterocycles. The maximum atomic E-state index is 13.3. The van der Waals surface area contributed by atoms with Crippen molar-refractivity contribution in [2.75, 3.05) is 18.0 Å². The number of halogens is 1. The van der Waals surface area contributed by atoms with Crippen LogP contribution in [0.5, 0.6) is 0 Å². The largest absolute Gasteiger partial charge is 0.391 e. The summed E-state index contributed by atoms with van der Waals surface area (Å²) in [6, 6.07) is 5.05. The van der Waals surface area contributed by atoms with Crippen molar-refractivity contribution in [3.05, 3.63) is 47.2 Å². The highest BCUT2D eigenvalue weighted by Gasteiger charge is 2.39. The number of fused-ring (bicyclic) bond motifs is 1. The minimum absolute atomic E-state index is 0.0339. The highest BCUT2D eigenvalue weighted by atomic mass is 32.1. The van der Waals surface area contributed by atoms with E-state index in [0.29, 0.717) is 46.8 Å². The summed E-state index contributed by atoms with van der Waals surface area (Å²) in [7, 11) is 0. The lowest BCUT2D eigenvalue weighted by Crippen LogP contribution is -2.42. The molecule has 5 rings (SSSR count). The van der Waals surface area contributed by atoms with Gasteiger partial charge in [-0.05, 0) is 49.6 Å². The number of aliphatic hydroxyl groups excluding tert-OH is 1. The first-order valence-electron chi connectivity index (χ1n) is 10.3.